The van der Waals surface area contributed by atoms with Crippen LogP contribution in [0.1, 0.15) is 12.8 Å². The molecular formula is C7H12N2O. The number of β-lactam (4-membered cyclic amide) rings is 1. The summed E-state index contributed by atoms with van der Waals surface area (Å²) < 4.78 is 0. The van der Waals surface area contributed by atoms with Gasteiger partial charge < -0.3 is 10.6 Å². The third-order valence-corrected chi connectivity index (χ3v) is 2.54. The second-order valence-electron chi connectivity index (χ2n) is 3.24. The molecular weight excluding hydrogens is 128 g/mol. The van der Waals surface area contributed by atoms with Crippen molar-refractivity contribution < 1.29 is 4.79 Å². The van der Waals surface area contributed by atoms with Gasteiger partial charge in [-0.3, -0.25) is 4.79 Å². The predicted molar refractivity (Wildman–Crippen MR) is 37.5 cm³/mol. The highest BCUT2D eigenvalue weighted by atomic mass is 16.2. The van der Waals surface area contributed by atoms with E-state index in [0.717, 1.165) is 32.5 Å². The molecule has 1 atom stereocenters. The fraction of sp³-hybridized carbons (Fsp3) is 0.857. The van der Waals surface area contributed by atoms with E-state index in [1.807, 2.05) is 0 Å². The van der Waals surface area contributed by atoms with Crippen molar-refractivity contribution in [1.82, 2.24) is 10.6 Å². The quantitative estimate of drug-likeness (QED) is 0.445. The molecule has 2 saturated heterocycles. The summed E-state index contributed by atoms with van der Waals surface area (Å²) >= 11 is 0. The second-order valence-corrected chi connectivity index (χ2v) is 3.24. The van der Waals surface area contributed by atoms with E-state index in [-0.39, 0.29) is 11.3 Å². The molecule has 0 radical (unpaired) electrons. The van der Waals surface area contributed by atoms with Crippen molar-refractivity contribution in [2.24, 2.45) is 5.41 Å². The highest BCUT2D eigenvalue weighted by Crippen LogP contribution is 2.30. The van der Waals surface area contributed by atoms with E-state index in [2.05, 4.69) is 10.6 Å². The van der Waals surface area contributed by atoms with Crippen LogP contribution in [0.5, 0.6) is 0 Å². The Labute approximate surface area is 60.2 Å². The van der Waals surface area contributed by atoms with Crippen molar-refractivity contribution in [3.8, 4) is 0 Å². The van der Waals surface area contributed by atoms with Crippen molar-refractivity contribution >= 4 is 5.91 Å². The summed E-state index contributed by atoms with van der Waals surface area (Å²) in [5, 5.41) is 6.04. The van der Waals surface area contributed by atoms with Crippen LogP contribution in [0.2, 0.25) is 0 Å². The number of piperidine rings is 1. The molecule has 0 aromatic rings. The first-order chi connectivity index (χ1) is 4.83. The Kier molecular flexibility index (Phi) is 1.20. The van der Waals surface area contributed by atoms with Gasteiger partial charge in [-0.15, -0.1) is 0 Å². The molecule has 2 aliphatic rings. The lowest BCUT2D eigenvalue weighted by molar-refractivity contribution is -0.141. The van der Waals surface area contributed by atoms with Gasteiger partial charge in [-0.05, 0) is 19.4 Å². The minimum atomic E-state index is -0.00174. The van der Waals surface area contributed by atoms with Gasteiger partial charge in [0.1, 0.15) is 0 Å². The van der Waals surface area contributed by atoms with Crippen molar-refractivity contribution in [1.29, 1.82) is 0 Å². The van der Waals surface area contributed by atoms with Crippen LogP contribution in [0.4, 0.5) is 0 Å². The molecule has 2 fully saturated rings. The van der Waals surface area contributed by atoms with Gasteiger partial charge in [-0.2, -0.15) is 0 Å². The number of amides is 1. The monoisotopic (exact) mass is 140 g/mol. The second kappa shape index (κ2) is 1.95. The zero-order chi connectivity index (χ0) is 7.03. The van der Waals surface area contributed by atoms with Crippen LogP contribution in [0.3, 0.4) is 0 Å². The lowest BCUT2D eigenvalue weighted by atomic mass is 9.75. The molecule has 2 N–H and O–H groups in total. The fourth-order valence-corrected chi connectivity index (χ4v) is 1.72. The largest absolute Gasteiger partial charge is 0.354 e. The van der Waals surface area contributed by atoms with E-state index in [1.165, 1.54) is 0 Å². The average Bonchev–Trinajstić information content (AvgIpc) is 2.04. The Balaban J connectivity index is 2.06. The molecule has 0 aliphatic carbocycles. The Bertz CT molecular complexity index is 161. The van der Waals surface area contributed by atoms with Crippen molar-refractivity contribution in [3.63, 3.8) is 0 Å². The number of rotatable bonds is 0. The Hall–Kier alpha value is -0.570. The summed E-state index contributed by atoms with van der Waals surface area (Å²) in [7, 11) is 0. The molecule has 2 aliphatic heterocycles. The van der Waals surface area contributed by atoms with Crippen molar-refractivity contribution in [3.05, 3.63) is 0 Å². The molecule has 3 nitrogen and oxygen atoms in total. The van der Waals surface area contributed by atoms with Gasteiger partial charge in [0.05, 0.1) is 5.41 Å². The lowest BCUT2D eigenvalue weighted by Gasteiger charge is -2.43. The number of hydrogen-bond acceptors (Lipinski definition) is 2. The van der Waals surface area contributed by atoms with Crippen LogP contribution in [-0.4, -0.2) is 25.5 Å². The third-order valence-electron chi connectivity index (χ3n) is 2.54. The normalized spacial score (nSPS) is 39.0. The van der Waals surface area contributed by atoms with Crippen LogP contribution >= 0.6 is 0 Å². The molecule has 56 valence electrons. The van der Waals surface area contributed by atoms with Gasteiger partial charge in [0.2, 0.25) is 5.91 Å². The van der Waals surface area contributed by atoms with Crippen LogP contribution in [0, 0.1) is 5.41 Å². The average molecular weight is 140 g/mol. The van der Waals surface area contributed by atoms with E-state index in [0.29, 0.717) is 0 Å². The molecule has 1 amide bonds. The Morgan fingerprint density at radius 3 is 2.60 bits per heavy atom. The molecule has 3 heteroatoms. The number of carbonyl (C=O) groups is 1. The standard InChI is InChI=1S/C7H12N2O/c10-6-7(5-9-6)2-1-3-8-4-7/h8H,1-5H2,(H,9,10)/t7-/m1/s1. The molecule has 0 unspecified atom stereocenters. The van der Waals surface area contributed by atoms with Crippen LogP contribution in [0.15, 0.2) is 0 Å². The first kappa shape index (κ1) is 6.16. The molecule has 2 heterocycles. The van der Waals surface area contributed by atoms with Crippen LogP contribution < -0.4 is 10.6 Å². The first-order valence-electron chi connectivity index (χ1n) is 3.83. The lowest BCUT2D eigenvalue weighted by Crippen LogP contribution is -2.64. The zero-order valence-corrected chi connectivity index (χ0v) is 5.94. The first-order valence-corrected chi connectivity index (χ1v) is 3.83. The summed E-state index contributed by atoms with van der Waals surface area (Å²) in [6.07, 6.45) is 2.22. The van der Waals surface area contributed by atoms with E-state index >= 15 is 0 Å². The maximum Gasteiger partial charge on any atom is 0.229 e. The van der Waals surface area contributed by atoms with Gasteiger partial charge in [-0.1, -0.05) is 0 Å². The van der Waals surface area contributed by atoms with Gasteiger partial charge in [0.25, 0.3) is 0 Å². The van der Waals surface area contributed by atoms with Crippen molar-refractivity contribution in [2.45, 2.75) is 12.8 Å². The highest BCUT2D eigenvalue weighted by molar-refractivity contribution is 5.89. The van der Waals surface area contributed by atoms with Crippen LogP contribution in [0.25, 0.3) is 0 Å². The highest BCUT2D eigenvalue weighted by Gasteiger charge is 2.46. The maximum atomic E-state index is 11.1. The number of hydrogen-bond donors (Lipinski definition) is 2. The summed E-state index contributed by atoms with van der Waals surface area (Å²) in [5.41, 5.74) is -0.00174. The molecule has 0 aromatic carbocycles. The van der Waals surface area contributed by atoms with Gasteiger partial charge in [0.15, 0.2) is 0 Å². The van der Waals surface area contributed by atoms with E-state index < -0.39 is 0 Å². The van der Waals surface area contributed by atoms with E-state index in [4.69, 9.17) is 0 Å². The minimum Gasteiger partial charge on any atom is -0.354 e. The SMILES string of the molecule is O=C1NC[C@]12CCCNC2. The van der Waals surface area contributed by atoms with Gasteiger partial charge >= 0.3 is 0 Å². The number of carbonyl (C=O) groups excluding carboxylic acids is 1. The molecule has 2 rings (SSSR count). The molecule has 0 bridgehead atoms. The molecule has 0 saturated carbocycles. The summed E-state index contributed by atoms with van der Waals surface area (Å²) in [5.74, 6) is 0.250. The molecule has 1 spiro atoms. The fourth-order valence-electron chi connectivity index (χ4n) is 1.72. The van der Waals surface area contributed by atoms with Crippen molar-refractivity contribution in [2.75, 3.05) is 19.6 Å². The Morgan fingerprint density at radius 1 is 1.40 bits per heavy atom. The zero-order valence-electron chi connectivity index (χ0n) is 5.94. The van der Waals surface area contributed by atoms with E-state index in [1.54, 1.807) is 0 Å². The Morgan fingerprint density at radius 2 is 2.30 bits per heavy atom. The molecule has 10 heavy (non-hydrogen) atoms. The maximum absolute atomic E-state index is 11.1. The summed E-state index contributed by atoms with van der Waals surface area (Å²) in [4.78, 5) is 11.1. The third kappa shape index (κ3) is 0.669. The van der Waals surface area contributed by atoms with E-state index in [9.17, 15) is 4.79 Å². The van der Waals surface area contributed by atoms with Gasteiger partial charge in [0, 0.05) is 13.1 Å². The van der Waals surface area contributed by atoms with Crippen LogP contribution in [-0.2, 0) is 4.79 Å². The summed E-state index contributed by atoms with van der Waals surface area (Å²) in [6, 6.07) is 0. The smallest absolute Gasteiger partial charge is 0.229 e. The van der Waals surface area contributed by atoms with Gasteiger partial charge in [-0.25, -0.2) is 0 Å². The predicted octanol–water partition coefficient (Wildman–Crippen LogP) is -0.514. The minimum absolute atomic E-state index is 0.00174. The topological polar surface area (TPSA) is 41.1 Å². The summed E-state index contributed by atoms with van der Waals surface area (Å²) in [6.45, 7) is 2.85. The number of nitrogens with one attached hydrogen (secondary N) is 2. The molecule has 0 aromatic heterocycles.